The van der Waals surface area contributed by atoms with Crippen molar-refractivity contribution in [2.24, 2.45) is 0 Å². The van der Waals surface area contributed by atoms with Gasteiger partial charge in [-0.2, -0.15) is 0 Å². The summed E-state index contributed by atoms with van der Waals surface area (Å²) in [5.41, 5.74) is 2.44. The van der Waals surface area contributed by atoms with Crippen LogP contribution in [0.3, 0.4) is 0 Å². The molecule has 3 heterocycles. The smallest absolute Gasteiger partial charge is 0.273 e. The lowest BCUT2D eigenvalue weighted by molar-refractivity contribution is 0.0742. The Kier molecular flexibility index (Phi) is 5.38. The van der Waals surface area contributed by atoms with Crippen molar-refractivity contribution in [2.45, 2.75) is 0 Å². The zero-order chi connectivity index (χ0) is 19.3. The number of amides is 1. The average Bonchev–Trinajstić information content (AvgIpc) is 3.22. The molecule has 4 rings (SSSR count). The molecule has 8 heteroatoms. The van der Waals surface area contributed by atoms with E-state index < -0.39 is 0 Å². The molecule has 1 aromatic carbocycles. The summed E-state index contributed by atoms with van der Waals surface area (Å²) in [4.78, 5) is 25.4. The van der Waals surface area contributed by atoms with Gasteiger partial charge in [-0.25, -0.2) is 4.98 Å². The number of nitrogens with one attached hydrogen (secondary N) is 1. The number of anilines is 3. The lowest BCUT2D eigenvalue weighted by Crippen LogP contribution is -2.48. The van der Waals surface area contributed by atoms with Crippen molar-refractivity contribution < 1.29 is 9.53 Å². The number of piperazine rings is 1. The maximum Gasteiger partial charge on any atom is 0.273 e. The third-order valence-electron chi connectivity index (χ3n) is 4.62. The highest BCUT2D eigenvalue weighted by Gasteiger charge is 2.24. The van der Waals surface area contributed by atoms with Crippen molar-refractivity contribution in [2.75, 3.05) is 43.5 Å². The highest BCUT2D eigenvalue weighted by Crippen LogP contribution is 2.24. The second-order valence-corrected chi connectivity index (χ2v) is 7.24. The fourth-order valence-electron chi connectivity index (χ4n) is 3.13. The Labute approximate surface area is 167 Å². The van der Waals surface area contributed by atoms with Crippen LogP contribution in [0, 0.1) is 0 Å². The first-order valence-corrected chi connectivity index (χ1v) is 9.92. The second-order valence-electron chi connectivity index (χ2n) is 6.39. The van der Waals surface area contributed by atoms with Crippen LogP contribution in [-0.4, -0.2) is 54.1 Å². The van der Waals surface area contributed by atoms with Crippen LogP contribution in [0.4, 0.5) is 16.5 Å². The number of benzene rings is 1. The van der Waals surface area contributed by atoms with Crippen LogP contribution in [0.25, 0.3) is 0 Å². The van der Waals surface area contributed by atoms with Crippen molar-refractivity contribution >= 4 is 33.8 Å². The molecule has 0 atom stereocenters. The maximum absolute atomic E-state index is 12.8. The van der Waals surface area contributed by atoms with E-state index in [0.29, 0.717) is 23.9 Å². The van der Waals surface area contributed by atoms with Crippen molar-refractivity contribution in [3.8, 4) is 5.75 Å². The summed E-state index contributed by atoms with van der Waals surface area (Å²) in [6.45, 7) is 2.89. The van der Waals surface area contributed by atoms with Crippen LogP contribution in [0.15, 0.2) is 54.2 Å². The summed E-state index contributed by atoms with van der Waals surface area (Å²) in [7, 11) is 1.67. The number of ether oxygens (including phenoxy) is 1. The molecule has 1 aliphatic heterocycles. The van der Waals surface area contributed by atoms with E-state index in [9.17, 15) is 4.79 Å². The van der Waals surface area contributed by atoms with Crippen molar-refractivity contribution in [1.82, 2.24) is 14.9 Å². The first-order chi connectivity index (χ1) is 13.7. The van der Waals surface area contributed by atoms with E-state index in [1.54, 1.807) is 24.9 Å². The SMILES string of the molecule is COc1cccc(N2CCN(C(=O)c3csc(Nc4cccnc4)n3)CC2)c1. The number of carbonyl (C=O) groups excluding carboxylic acids is 1. The number of methoxy groups -OCH3 is 1. The molecule has 0 spiro atoms. The average molecular weight is 395 g/mol. The van der Waals surface area contributed by atoms with Crippen molar-refractivity contribution in [3.05, 3.63) is 59.9 Å². The van der Waals surface area contributed by atoms with Crippen LogP contribution >= 0.6 is 11.3 Å². The highest BCUT2D eigenvalue weighted by atomic mass is 32.1. The summed E-state index contributed by atoms with van der Waals surface area (Å²) < 4.78 is 5.30. The van der Waals surface area contributed by atoms with Gasteiger partial charge in [0, 0.05) is 49.5 Å². The summed E-state index contributed by atoms with van der Waals surface area (Å²) in [6.07, 6.45) is 3.44. The molecule has 0 aliphatic carbocycles. The van der Waals surface area contributed by atoms with E-state index in [0.717, 1.165) is 30.2 Å². The van der Waals surface area contributed by atoms with Gasteiger partial charge in [0.25, 0.3) is 5.91 Å². The molecule has 0 saturated carbocycles. The van der Waals surface area contributed by atoms with Crippen LogP contribution in [-0.2, 0) is 0 Å². The molecule has 1 amide bonds. The number of aromatic nitrogens is 2. The molecule has 144 valence electrons. The Balaban J connectivity index is 1.36. The fraction of sp³-hybridized carbons (Fsp3) is 0.250. The van der Waals surface area contributed by atoms with E-state index in [1.807, 2.05) is 35.2 Å². The number of pyridine rings is 1. The molecule has 2 aromatic heterocycles. The highest BCUT2D eigenvalue weighted by molar-refractivity contribution is 7.14. The number of hydrogen-bond acceptors (Lipinski definition) is 7. The van der Waals surface area contributed by atoms with Gasteiger partial charge in [0.15, 0.2) is 5.13 Å². The van der Waals surface area contributed by atoms with Gasteiger partial charge < -0.3 is 19.9 Å². The standard InChI is InChI=1S/C20H21N5O2S/c1-27-17-6-2-5-16(12-17)24-8-10-25(11-9-24)19(26)18-14-28-20(23-18)22-15-4-3-7-21-13-15/h2-7,12-14H,8-11H2,1H3,(H,22,23). The van der Waals surface area contributed by atoms with E-state index in [-0.39, 0.29) is 5.91 Å². The van der Waals surface area contributed by atoms with Gasteiger partial charge >= 0.3 is 0 Å². The monoisotopic (exact) mass is 395 g/mol. The Hall–Kier alpha value is -3.13. The quantitative estimate of drug-likeness (QED) is 0.715. The van der Waals surface area contributed by atoms with Crippen LogP contribution in [0.2, 0.25) is 0 Å². The summed E-state index contributed by atoms with van der Waals surface area (Å²) in [5.74, 6) is 0.813. The van der Waals surface area contributed by atoms with Gasteiger partial charge in [0.2, 0.25) is 0 Å². The Morgan fingerprint density at radius 2 is 2.04 bits per heavy atom. The van der Waals surface area contributed by atoms with E-state index in [1.165, 1.54) is 11.3 Å². The third kappa shape index (κ3) is 4.07. The van der Waals surface area contributed by atoms with E-state index in [4.69, 9.17) is 4.74 Å². The molecular weight excluding hydrogens is 374 g/mol. The Bertz CT molecular complexity index is 939. The van der Waals surface area contributed by atoms with Gasteiger partial charge in [0.05, 0.1) is 19.0 Å². The number of thiazole rings is 1. The van der Waals surface area contributed by atoms with Gasteiger partial charge in [-0.15, -0.1) is 11.3 Å². The Morgan fingerprint density at radius 3 is 2.79 bits per heavy atom. The minimum Gasteiger partial charge on any atom is -0.497 e. The normalized spacial score (nSPS) is 14.0. The molecular formula is C20H21N5O2S. The number of hydrogen-bond donors (Lipinski definition) is 1. The predicted molar refractivity (Wildman–Crippen MR) is 111 cm³/mol. The molecule has 1 fully saturated rings. The maximum atomic E-state index is 12.8. The van der Waals surface area contributed by atoms with Gasteiger partial charge in [-0.1, -0.05) is 6.07 Å². The minimum atomic E-state index is -0.0271. The molecule has 1 aliphatic rings. The topological polar surface area (TPSA) is 70.6 Å². The van der Waals surface area contributed by atoms with Crippen molar-refractivity contribution in [3.63, 3.8) is 0 Å². The lowest BCUT2D eigenvalue weighted by atomic mass is 10.2. The number of nitrogens with zero attached hydrogens (tertiary/aromatic N) is 4. The molecule has 0 unspecified atom stereocenters. The first-order valence-electron chi connectivity index (χ1n) is 9.04. The third-order valence-corrected chi connectivity index (χ3v) is 5.38. The first kappa shape index (κ1) is 18.2. The van der Waals surface area contributed by atoms with Crippen LogP contribution in [0.1, 0.15) is 10.5 Å². The summed E-state index contributed by atoms with van der Waals surface area (Å²) in [5, 5.41) is 5.66. The van der Waals surface area contributed by atoms with Crippen molar-refractivity contribution in [1.29, 1.82) is 0 Å². The van der Waals surface area contributed by atoms with Gasteiger partial charge in [-0.05, 0) is 24.3 Å². The van der Waals surface area contributed by atoms with Crippen LogP contribution in [0.5, 0.6) is 5.75 Å². The number of rotatable bonds is 5. The molecule has 0 radical (unpaired) electrons. The predicted octanol–water partition coefficient (Wildman–Crippen LogP) is 3.25. The van der Waals surface area contributed by atoms with Gasteiger partial charge in [0.1, 0.15) is 11.4 Å². The van der Waals surface area contributed by atoms with Gasteiger partial charge in [-0.3, -0.25) is 9.78 Å². The molecule has 0 bridgehead atoms. The zero-order valence-electron chi connectivity index (χ0n) is 15.5. The lowest BCUT2D eigenvalue weighted by Gasteiger charge is -2.35. The fourth-order valence-corrected chi connectivity index (χ4v) is 3.83. The molecule has 1 N–H and O–H groups in total. The zero-order valence-corrected chi connectivity index (χ0v) is 16.4. The molecule has 1 saturated heterocycles. The van der Waals surface area contributed by atoms with E-state index >= 15 is 0 Å². The minimum absolute atomic E-state index is 0.0271. The van der Waals surface area contributed by atoms with E-state index in [2.05, 4.69) is 26.3 Å². The Morgan fingerprint density at radius 1 is 1.18 bits per heavy atom. The number of carbonyl (C=O) groups is 1. The molecule has 28 heavy (non-hydrogen) atoms. The summed E-state index contributed by atoms with van der Waals surface area (Å²) >= 11 is 1.42. The second kappa shape index (κ2) is 8.26. The van der Waals surface area contributed by atoms with Crippen LogP contribution < -0.4 is 15.0 Å². The molecule has 3 aromatic rings. The molecule has 7 nitrogen and oxygen atoms in total. The largest absolute Gasteiger partial charge is 0.497 e. The summed E-state index contributed by atoms with van der Waals surface area (Å²) in [6, 6.07) is 11.8.